The molecule has 11 heavy (non-hydrogen) atoms. The Morgan fingerprint density at radius 1 is 1.36 bits per heavy atom. The van der Waals surface area contributed by atoms with Crippen LogP contribution in [0.15, 0.2) is 27.7 Å². The highest BCUT2D eigenvalue weighted by atomic mass is 79.9. The Labute approximate surface area is 82.0 Å². The third-order valence-corrected chi connectivity index (χ3v) is 3.32. The Kier molecular flexibility index (Phi) is 2.73. The first-order valence-corrected chi connectivity index (χ1v) is 4.55. The van der Waals surface area contributed by atoms with Crippen LogP contribution in [-0.4, -0.2) is 5.11 Å². The van der Waals surface area contributed by atoms with Crippen molar-refractivity contribution in [3.63, 3.8) is 0 Å². The molecule has 0 aliphatic heterocycles. The molecule has 1 N–H and O–H groups in total. The maximum Gasteiger partial charge on any atom is 0.138 e. The van der Waals surface area contributed by atoms with Gasteiger partial charge in [-0.15, -0.1) is 0 Å². The number of benzene rings is 1. The smallest absolute Gasteiger partial charge is 0.138 e. The van der Waals surface area contributed by atoms with Gasteiger partial charge in [0.05, 0.1) is 4.47 Å². The second kappa shape index (κ2) is 3.41. The van der Waals surface area contributed by atoms with E-state index >= 15 is 0 Å². The predicted octanol–water partition coefficient (Wildman–Crippen LogP) is 3.56. The molecule has 0 fully saturated rings. The van der Waals surface area contributed by atoms with Gasteiger partial charge in [-0.1, -0.05) is 18.7 Å². The Bertz CT molecular complexity index is 294. The van der Waals surface area contributed by atoms with Crippen LogP contribution < -0.4 is 0 Å². The van der Waals surface area contributed by atoms with Crippen LogP contribution in [0.2, 0.25) is 0 Å². The lowest BCUT2D eigenvalue weighted by Gasteiger charge is -2.02. The van der Waals surface area contributed by atoms with E-state index in [0.717, 1.165) is 10.0 Å². The standard InChI is InChI=1S/C8H6Br2O/c1-2-5-3-4-6(9)7(10)8(5)11/h2-4,11H,1H2. The molecule has 1 rings (SSSR count). The van der Waals surface area contributed by atoms with E-state index in [4.69, 9.17) is 0 Å². The minimum Gasteiger partial charge on any atom is -0.506 e. The van der Waals surface area contributed by atoms with E-state index in [1.165, 1.54) is 0 Å². The zero-order valence-corrected chi connectivity index (χ0v) is 8.81. The first kappa shape index (κ1) is 8.81. The normalized spacial score (nSPS) is 9.64. The van der Waals surface area contributed by atoms with Gasteiger partial charge in [0.2, 0.25) is 0 Å². The fourth-order valence-electron chi connectivity index (χ4n) is 0.720. The molecule has 3 heteroatoms. The van der Waals surface area contributed by atoms with Crippen LogP contribution in [0.1, 0.15) is 5.56 Å². The van der Waals surface area contributed by atoms with Crippen LogP contribution in [0.5, 0.6) is 5.75 Å². The predicted molar refractivity (Wildman–Crippen MR) is 53.6 cm³/mol. The molecule has 0 saturated carbocycles. The quantitative estimate of drug-likeness (QED) is 0.832. The van der Waals surface area contributed by atoms with Gasteiger partial charge in [-0.2, -0.15) is 0 Å². The molecule has 0 aromatic heterocycles. The van der Waals surface area contributed by atoms with Crippen molar-refractivity contribution in [3.8, 4) is 5.75 Å². The number of hydrogen-bond acceptors (Lipinski definition) is 1. The van der Waals surface area contributed by atoms with E-state index in [0.29, 0.717) is 4.47 Å². The van der Waals surface area contributed by atoms with Gasteiger partial charge in [0.1, 0.15) is 5.75 Å². The number of aromatic hydroxyl groups is 1. The molecule has 0 amide bonds. The molecular formula is C8H6Br2O. The molecule has 1 aromatic rings. The highest BCUT2D eigenvalue weighted by Crippen LogP contribution is 2.34. The Balaban J connectivity index is 3.36. The van der Waals surface area contributed by atoms with Crippen molar-refractivity contribution in [1.82, 2.24) is 0 Å². The summed E-state index contributed by atoms with van der Waals surface area (Å²) in [6.07, 6.45) is 1.60. The second-order valence-electron chi connectivity index (χ2n) is 2.00. The molecule has 0 aliphatic rings. The largest absolute Gasteiger partial charge is 0.506 e. The summed E-state index contributed by atoms with van der Waals surface area (Å²) in [5.74, 6) is 0.217. The highest BCUT2D eigenvalue weighted by molar-refractivity contribution is 9.13. The van der Waals surface area contributed by atoms with Crippen LogP contribution in [-0.2, 0) is 0 Å². The van der Waals surface area contributed by atoms with E-state index in [1.807, 2.05) is 6.07 Å². The average molecular weight is 278 g/mol. The third-order valence-electron chi connectivity index (χ3n) is 1.32. The lowest BCUT2D eigenvalue weighted by atomic mass is 10.2. The van der Waals surface area contributed by atoms with Crippen molar-refractivity contribution in [1.29, 1.82) is 0 Å². The number of halogens is 2. The second-order valence-corrected chi connectivity index (χ2v) is 3.65. The van der Waals surface area contributed by atoms with Crippen LogP contribution in [0, 0.1) is 0 Å². The molecule has 0 atom stereocenters. The SMILES string of the molecule is C=Cc1ccc(Br)c(Br)c1O. The summed E-state index contributed by atoms with van der Waals surface area (Å²) in [7, 11) is 0. The molecule has 58 valence electrons. The first-order valence-electron chi connectivity index (χ1n) is 2.96. The summed E-state index contributed by atoms with van der Waals surface area (Å²) >= 11 is 6.49. The van der Waals surface area contributed by atoms with Gasteiger partial charge in [-0.25, -0.2) is 0 Å². The van der Waals surface area contributed by atoms with E-state index in [9.17, 15) is 5.11 Å². The monoisotopic (exact) mass is 276 g/mol. The minimum atomic E-state index is 0.217. The summed E-state index contributed by atoms with van der Waals surface area (Å²) in [5.41, 5.74) is 0.722. The summed E-state index contributed by atoms with van der Waals surface area (Å²) < 4.78 is 1.50. The number of phenolic OH excluding ortho intramolecular Hbond substituents is 1. The van der Waals surface area contributed by atoms with Gasteiger partial charge < -0.3 is 5.11 Å². The Hall–Kier alpha value is -0.280. The average Bonchev–Trinajstić information content (AvgIpc) is 2.01. The van der Waals surface area contributed by atoms with Gasteiger partial charge >= 0.3 is 0 Å². The maximum absolute atomic E-state index is 9.43. The van der Waals surface area contributed by atoms with Gasteiger partial charge in [0.25, 0.3) is 0 Å². The summed E-state index contributed by atoms with van der Waals surface area (Å²) in [6.45, 7) is 3.57. The zero-order chi connectivity index (χ0) is 8.43. The van der Waals surface area contributed by atoms with E-state index in [2.05, 4.69) is 38.4 Å². The van der Waals surface area contributed by atoms with Gasteiger partial charge in [0, 0.05) is 10.0 Å². The zero-order valence-electron chi connectivity index (χ0n) is 5.64. The van der Waals surface area contributed by atoms with E-state index < -0.39 is 0 Å². The topological polar surface area (TPSA) is 20.2 Å². The summed E-state index contributed by atoms with van der Waals surface area (Å²) in [5, 5.41) is 9.43. The molecule has 0 radical (unpaired) electrons. The summed E-state index contributed by atoms with van der Waals surface area (Å²) in [4.78, 5) is 0. The number of rotatable bonds is 1. The molecule has 0 spiro atoms. The minimum absolute atomic E-state index is 0.217. The molecule has 0 bridgehead atoms. The Morgan fingerprint density at radius 3 is 2.55 bits per heavy atom. The van der Waals surface area contributed by atoms with Crippen molar-refractivity contribution in [2.45, 2.75) is 0 Å². The van der Waals surface area contributed by atoms with E-state index in [1.54, 1.807) is 12.1 Å². The Morgan fingerprint density at radius 2 is 2.00 bits per heavy atom. The molecule has 0 aliphatic carbocycles. The lowest BCUT2D eigenvalue weighted by molar-refractivity contribution is 0.470. The van der Waals surface area contributed by atoms with E-state index in [-0.39, 0.29) is 5.75 Å². The van der Waals surface area contributed by atoms with Crippen molar-refractivity contribution in [3.05, 3.63) is 33.2 Å². The third kappa shape index (κ3) is 1.65. The molecule has 1 nitrogen and oxygen atoms in total. The fourth-order valence-corrected chi connectivity index (χ4v) is 1.40. The fraction of sp³-hybridized carbons (Fsp3) is 0. The van der Waals surface area contributed by atoms with Crippen molar-refractivity contribution < 1.29 is 5.11 Å². The van der Waals surface area contributed by atoms with Gasteiger partial charge in [0.15, 0.2) is 0 Å². The molecular weight excluding hydrogens is 272 g/mol. The molecule has 1 aromatic carbocycles. The van der Waals surface area contributed by atoms with Crippen LogP contribution >= 0.6 is 31.9 Å². The maximum atomic E-state index is 9.43. The molecule has 0 saturated heterocycles. The number of hydrogen-bond donors (Lipinski definition) is 1. The first-order chi connectivity index (χ1) is 5.16. The van der Waals surface area contributed by atoms with Crippen molar-refractivity contribution in [2.75, 3.05) is 0 Å². The molecule has 0 heterocycles. The van der Waals surface area contributed by atoms with Crippen LogP contribution in [0.3, 0.4) is 0 Å². The van der Waals surface area contributed by atoms with Crippen LogP contribution in [0.4, 0.5) is 0 Å². The molecule has 0 unspecified atom stereocenters. The highest BCUT2D eigenvalue weighted by Gasteiger charge is 2.04. The number of phenols is 1. The summed E-state index contributed by atoms with van der Waals surface area (Å²) in [6, 6.07) is 3.64. The van der Waals surface area contributed by atoms with Crippen LogP contribution in [0.25, 0.3) is 6.08 Å². The van der Waals surface area contributed by atoms with Gasteiger partial charge in [-0.3, -0.25) is 0 Å². The van der Waals surface area contributed by atoms with Gasteiger partial charge in [-0.05, 0) is 37.9 Å². The lowest BCUT2D eigenvalue weighted by Crippen LogP contribution is -1.76. The van der Waals surface area contributed by atoms with Crippen molar-refractivity contribution >= 4 is 37.9 Å². The van der Waals surface area contributed by atoms with Crippen molar-refractivity contribution in [2.24, 2.45) is 0 Å².